The number of ether oxygens (including phenoxy) is 2. The smallest absolute Gasteiger partial charge is 0.220 e. The van der Waals surface area contributed by atoms with Crippen LogP contribution in [0.2, 0.25) is 0 Å². The SMILES string of the molecule is CCOc1ccccc1[C@H](C[N+](=O)[O-])Sc1nnc(C)n1-c1ccc(OC)cc1. The molecule has 3 aromatic rings. The lowest BCUT2D eigenvalue weighted by molar-refractivity contribution is -0.479. The number of benzene rings is 2. The van der Waals surface area contributed by atoms with E-state index in [9.17, 15) is 10.1 Å². The standard InChI is InChI=1S/C20H22N4O4S/c1-4-28-18-8-6-5-7-17(18)19(13-23(25)26)29-20-22-21-14(2)24(20)15-9-11-16(27-3)12-10-15/h5-12,19H,4,13H2,1-3H3/t19-/m0/s1. The second-order valence-corrected chi connectivity index (χ2v) is 7.33. The number of thioether (sulfide) groups is 1. The van der Waals surface area contributed by atoms with Crippen molar-refractivity contribution in [2.75, 3.05) is 20.3 Å². The van der Waals surface area contributed by atoms with E-state index in [0.717, 1.165) is 17.0 Å². The number of para-hydroxylation sites is 1. The third-order valence-corrected chi connectivity index (χ3v) is 5.42. The fraction of sp³-hybridized carbons (Fsp3) is 0.300. The van der Waals surface area contributed by atoms with E-state index >= 15 is 0 Å². The Morgan fingerprint density at radius 2 is 1.90 bits per heavy atom. The van der Waals surface area contributed by atoms with Gasteiger partial charge in [0.2, 0.25) is 6.54 Å². The van der Waals surface area contributed by atoms with Gasteiger partial charge in [-0.1, -0.05) is 30.0 Å². The van der Waals surface area contributed by atoms with Gasteiger partial charge < -0.3 is 9.47 Å². The molecule has 8 nitrogen and oxygen atoms in total. The minimum Gasteiger partial charge on any atom is -0.497 e. The van der Waals surface area contributed by atoms with Crippen molar-refractivity contribution in [1.82, 2.24) is 14.8 Å². The molecule has 29 heavy (non-hydrogen) atoms. The predicted molar refractivity (Wildman–Crippen MR) is 111 cm³/mol. The van der Waals surface area contributed by atoms with E-state index in [0.29, 0.717) is 23.3 Å². The summed E-state index contributed by atoms with van der Waals surface area (Å²) in [5, 5.41) is 19.9. The highest BCUT2D eigenvalue weighted by Crippen LogP contribution is 2.39. The van der Waals surface area contributed by atoms with Crippen LogP contribution < -0.4 is 9.47 Å². The lowest BCUT2D eigenvalue weighted by Crippen LogP contribution is -2.12. The Balaban J connectivity index is 1.98. The second-order valence-electron chi connectivity index (χ2n) is 6.16. The average molecular weight is 414 g/mol. The zero-order valence-electron chi connectivity index (χ0n) is 16.4. The van der Waals surface area contributed by atoms with Crippen LogP contribution in [0.3, 0.4) is 0 Å². The minimum absolute atomic E-state index is 0.261. The van der Waals surface area contributed by atoms with E-state index in [-0.39, 0.29) is 11.5 Å². The van der Waals surface area contributed by atoms with Crippen molar-refractivity contribution < 1.29 is 14.4 Å². The van der Waals surface area contributed by atoms with Crippen LogP contribution in [-0.4, -0.2) is 39.9 Å². The monoisotopic (exact) mass is 414 g/mol. The number of aromatic nitrogens is 3. The zero-order chi connectivity index (χ0) is 20.8. The zero-order valence-corrected chi connectivity index (χ0v) is 17.3. The first-order valence-corrected chi connectivity index (χ1v) is 9.98. The van der Waals surface area contributed by atoms with Crippen molar-refractivity contribution in [3.8, 4) is 17.2 Å². The molecule has 0 aliphatic heterocycles. The molecule has 0 saturated carbocycles. The summed E-state index contributed by atoms with van der Waals surface area (Å²) in [7, 11) is 1.61. The molecule has 9 heteroatoms. The number of hydrogen-bond acceptors (Lipinski definition) is 7. The molecule has 0 radical (unpaired) electrons. The molecule has 0 aliphatic carbocycles. The molecule has 0 unspecified atom stereocenters. The second kappa shape index (κ2) is 9.42. The molecule has 0 aliphatic rings. The van der Waals surface area contributed by atoms with E-state index in [1.165, 1.54) is 11.8 Å². The van der Waals surface area contributed by atoms with Crippen molar-refractivity contribution >= 4 is 11.8 Å². The van der Waals surface area contributed by atoms with Crippen LogP contribution >= 0.6 is 11.8 Å². The summed E-state index contributed by atoms with van der Waals surface area (Å²) in [5.74, 6) is 2.07. The first-order valence-electron chi connectivity index (χ1n) is 9.10. The van der Waals surface area contributed by atoms with Gasteiger partial charge in [-0.15, -0.1) is 10.2 Å². The largest absolute Gasteiger partial charge is 0.497 e. The van der Waals surface area contributed by atoms with Gasteiger partial charge in [-0.3, -0.25) is 14.7 Å². The molecule has 0 N–H and O–H groups in total. The van der Waals surface area contributed by atoms with Crippen LogP contribution in [0.4, 0.5) is 0 Å². The Labute approximate surface area is 173 Å². The summed E-state index contributed by atoms with van der Waals surface area (Å²) in [5.41, 5.74) is 1.62. The molecule has 2 aromatic carbocycles. The van der Waals surface area contributed by atoms with Gasteiger partial charge in [-0.25, -0.2) is 0 Å². The molecule has 1 heterocycles. The molecule has 1 aromatic heterocycles. The van der Waals surface area contributed by atoms with E-state index in [4.69, 9.17) is 9.47 Å². The lowest BCUT2D eigenvalue weighted by Gasteiger charge is -2.17. The summed E-state index contributed by atoms with van der Waals surface area (Å²) in [6.45, 7) is 3.95. The van der Waals surface area contributed by atoms with Gasteiger partial charge in [0.15, 0.2) is 5.16 Å². The van der Waals surface area contributed by atoms with Crippen LogP contribution in [-0.2, 0) is 0 Å². The maximum absolute atomic E-state index is 11.4. The van der Waals surface area contributed by atoms with Crippen LogP contribution in [0.15, 0.2) is 53.7 Å². The Hall–Kier alpha value is -3.07. The molecule has 0 amide bonds. The summed E-state index contributed by atoms with van der Waals surface area (Å²) < 4.78 is 12.8. The summed E-state index contributed by atoms with van der Waals surface area (Å²) >= 11 is 1.30. The topological polar surface area (TPSA) is 92.3 Å². The number of rotatable bonds is 9. The molecule has 0 spiro atoms. The van der Waals surface area contributed by atoms with Crippen LogP contribution in [0.25, 0.3) is 5.69 Å². The normalized spacial score (nSPS) is 11.8. The van der Waals surface area contributed by atoms with E-state index < -0.39 is 5.25 Å². The summed E-state index contributed by atoms with van der Waals surface area (Å²) in [6, 6.07) is 14.9. The Kier molecular flexibility index (Phi) is 6.71. The third-order valence-electron chi connectivity index (χ3n) is 4.25. The molecule has 1 atom stereocenters. The highest BCUT2D eigenvalue weighted by Gasteiger charge is 2.26. The van der Waals surface area contributed by atoms with Gasteiger partial charge in [-0.05, 0) is 44.2 Å². The Bertz CT molecular complexity index is 975. The van der Waals surface area contributed by atoms with Crippen molar-refractivity contribution in [2.24, 2.45) is 0 Å². The molecule has 0 fully saturated rings. The quantitative estimate of drug-likeness (QED) is 0.296. The van der Waals surface area contributed by atoms with Gasteiger partial charge in [0.05, 0.1) is 13.7 Å². The number of hydrogen-bond donors (Lipinski definition) is 0. The minimum atomic E-state index is -0.478. The van der Waals surface area contributed by atoms with E-state index in [1.807, 2.05) is 66.9 Å². The van der Waals surface area contributed by atoms with Gasteiger partial charge in [0.1, 0.15) is 22.6 Å². The fourth-order valence-electron chi connectivity index (χ4n) is 2.94. The van der Waals surface area contributed by atoms with Crippen LogP contribution in [0, 0.1) is 17.0 Å². The highest BCUT2D eigenvalue weighted by molar-refractivity contribution is 7.99. The fourth-order valence-corrected chi connectivity index (χ4v) is 4.15. The molecule has 0 bridgehead atoms. The Morgan fingerprint density at radius 1 is 1.17 bits per heavy atom. The van der Waals surface area contributed by atoms with Gasteiger partial charge >= 0.3 is 0 Å². The molecular formula is C20H22N4O4S. The average Bonchev–Trinajstić information content (AvgIpc) is 3.08. The maximum atomic E-state index is 11.4. The third kappa shape index (κ3) is 4.86. The highest BCUT2D eigenvalue weighted by atomic mass is 32.2. The van der Waals surface area contributed by atoms with E-state index in [1.54, 1.807) is 7.11 Å². The molecule has 3 rings (SSSR count). The molecule has 0 saturated heterocycles. The number of aryl methyl sites for hydroxylation is 1. The van der Waals surface area contributed by atoms with Gasteiger partial charge in [0, 0.05) is 16.2 Å². The number of methoxy groups -OCH3 is 1. The van der Waals surface area contributed by atoms with Crippen molar-refractivity contribution in [3.05, 3.63) is 70.0 Å². The maximum Gasteiger partial charge on any atom is 0.220 e. The molecule has 152 valence electrons. The summed E-state index contributed by atoms with van der Waals surface area (Å²) in [4.78, 5) is 11.0. The van der Waals surface area contributed by atoms with Crippen molar-refractivity contribution in [2.45, 2.75) is 24.3 Å². The lowest BCUT2D eigenvalue weighted by atomic mass is 10.1. The van der Waals surface area contributed by atoms with Gasteiger partial charge in [-0.2, -0.15) is 0 Å². The van der Waals surface area contributed by atoms with Crippen molar-refractivity contribution in [3.63, 3.8) is 0 Å². The van der Waals surface area contributed by atoms with Crippen LogP contribution in [0.5, 0.6) is 11.5 Å². The first-order chi connectivity index (χ1) is 14.0. The van der Waals surface area contributed by atoms with Gasteiger partial charge in [0.25, 0.3) is 0 Å². The van der Waals surface area contributed by atoms with E-state index in [2.05, 4.69) is 10.2 Å². The molecular weight excluding hydrogens is 392 g/mol. The Morgan fingerprint density at radius 3 is 2.55 bits per heavy atom. The first kappa shape index (κ1) is 20.7. The van der Waals surface area contributed by atoms with Crippen molar-refractivity contribution in [1.29, 1.82) is 0 Å². The number of nitrogens with zero attached hydrogens (tertiary/aromatic N) is 4. The summed E-state index contributed by atoms with van der Waals surface area (Å²) in [6.07, 6.45) is 0. The number of nitro groups is 1. The van der Waals surface area contributed by atoms with Crippen LogP contribution in [0.1, 0.15) is 23.6 Å². The predicted octanol–water partition coefficient (Wildman–Crippen LogP) is 4.09.